The first-order chi connectivity index (χ1) is 17.6. The lowest BCUT2D eigenvalue weighted by Gasteiger charge is -2.60. The van der Waals surface area contributed by atoms with Crippen molar-refractivity contribution in [3.8, 4) is 0 Å². The van der Waals surface area contributed by atoms with E-state index in [4.69, 9.17) is 33.4 Å². The molecule has 36 heavy (non-hydrogen) atoms. The summed E-state index contributed by atoms with van der Waals surface area (Å²) in [5.41, 5.74) is 2.91. The number of nitrogens with zero attached hydrogens (tertiary/aromatic N) is 5. The lowest BCUT2D eigenvalue weighted by Crippen LogP contribution is -2.74. The minimum Gasteiger partial charge on any atom is -0.276 e. The lowest BCUT2D eigenvalue weighted by molar-refractivity contribution is -0.149. The molecule has 0 amide bonds. The van der Waals surface area contributed by atoms with Crippen molar-refractivity contribution >= 4 is 56.7 Å². The Morgan fingerprint density at radius 3 is 1.89 bits per heavy atom. The van der Waals surface area contributed by atoms with Gasteiger partial charge in [-0.3, -0.25) is 14.7 Å². The van der Waals surface area contributed by atoms with Gasteiger partial charge in [0.25, 0.3) is 0 Å². The van der Waals surface area contributed by atoms with Crippen molar-refractivity contribution in [2.75, 3.05) is 39.6 Å². The molecule has 0 saturated carbocycles. The molecule has 0 aliphatic carbocycles. The average molecular weight is 514 g/mol. The SMILES string of the molecule is Clc1ccc(/C(=N/N=C/c2c3ccccc3cc3ccccc23)C23CN4CN(CN(C4)C2)C3)cc1Cl. The maximum Gasteiger partial charge on any atom is 0.0803 e. The van der Waals surface area contributed by atoms with Crippen LogP contribution < -0.4 is 0 Å². The molecule has 4 bridgehead atoms. The van der Waals surface area contributed by atoms with Crippen LogP contribution in [0.2, 0.25) is 10.0 Å². The van der Waals surface area contributed by atoms with E-state index >= 15 is 0 Å². The highest BCUT2D eigenvalue weighted by Crippen LogP contribution is 2.39. The normalized spacial score (nSPS) is 27.5. The Morgan fingerprint density at radius 1 is 0.722 bits per heavy atom. The van der Waals surface area contributed by atoms with Crippen molar-refractivity contribution in [1.82, 2.24) is 14.7 Å². The van der Waals surface area contributed by atoms with Crippen molar-refractivity contribution in [2.24, 2.45) is 15.6 Å². The van der Waals surface area contributed by atoms with E-state index in [-0.39, 0.29) is 5.41 Å². The third kappa shape index (κ3) is 3.74. The zero-order valence-electron chi connectivity index (χ0n) is 19.7. The molecule has 0 N–H and O–H groups in total. The second-order valence-corrected chi connectivity index (χ2v) is 11.1. The highest BCUT2D eigenvalue weighted by molar-refractivity contribution is 6.42. The van der Waals surface area contributed by atoms with E-state index in [0.717, 1.165) is 56.5 Å². The van der Waals surface area contributed by atoms with E-state index in [1.807, 2.05) is 24.4 Å². The van der Waals surface area contributed by atoms with Crippen LogP contribution in [0.5, 0.6) is 0 Å². The number of hydrogen-bond acceptors (Lipinski definition) is 5. The summed E-state index contributed by atoms with van der Waals surface area (Å²) in [5.74, 6) is 0. The molecular formula is C29H25Cl2N5. The van der Waals surface area contributed by atoms with E-state index in [1.54, 1.807) is 0 Å². The molecular weight excluding hydrogens is 489 g/mol. The van der Waals surface area contributed by atoms with Crippen LogP contribution in [-0.2, 0) is 0 Å². The van der Waals surface area contributed by atoms with Gasteiger partial charge in [0.2, 0.25) is 0 Å². The predicted octanol–water partition coefficient (Wildman–Crippen LogP) is 5.93. The van der Waals surface area contributed by atoms with E-state index in [1.165, 1.54) is 21.5 Å². The Labute approximate surface area is 220 Å². The molecule has 0 atom stereocenters. The van der Waals surface area contributed by atoms with E-state index in [0.29, 0.717) is 10.0 Å². The zero-order chi connectivity index (χ0) is 24.3. The molecule has 0 aromatic heterocycles. The molecule has 0 radical (unpaired) electrons. The maximum atomic E-state index is 6.47. The summed E-state index contributed by atoms with van der Waals surface area (Å²) < 4.78 is 0. The van der Waals surface area contributed by atoms with Gasteiger partial charge in [-0.05, 0) is 39.7 Å². The number of hydrogen-bond donors (Lipinski definition) is 0. The monoisotopic (exact) mass is 513 g/mol. The number of benzene rings is 4. The third-order valence-corrected chi connectivity index (χ3v) is 8.37. The summed E-state index contributed by atoms with van der Waals surface area (Å²) in [7, 11) is 0. The maximum absolute atomic E-state index is 6.47. The first-order valence-corrected chi connectivity index (χ1v) is 13.0. The molecule has 8 rings (SSSR count). The highest BCUT2D eigenvalue weighted by atomic mass is 35.5. The Balaban J connectivity index is 1.38. The van der Waals surface area contributed by atoms with E-state index in [9.17, 15) is 0 Å². The first-order valence-electron chi connectivity index (χ1n) is 12.2. The average Bonchev–Trinajstić information content (AvgIpc) is 2.87. The van der Waals surface area contributed by atoms with Crippen LogP contribution >= 0.6 is 23.2 Å². The minimum atomic E-state index is -0.135. The second-order valence-electron chi connectivity index (χ2n) is 10.2. The fourth-order valence-corrected chi connectivity index (χ4v) is 6.69. The van der Waals surface area contributed by atoms with Crippen LogP contribution in [-0.4, -0.2) is 66.3 Å². The van der Waals surface area contributed by atoms with Gasteiger partial charge in [0.15, 0.2) is 0 Å². The lowest BCUT2D eigenvalue weighted by atomic mass is 9.74. The first kappa shape index (κ1) is 22.4. The Morgan fingerprint density at radius 2 is 1.31 bits per heavy atom. The van der Waals surface area contributed by atoms with Gasteiger partial charge in [-0.1, -0.05) is 77.8 Å². The molecule has 4 aliphatic heterocycles. The zero-order valence-corrected chi connectivity index (χ0v) is 21.3. The Bertz CT molecular complexity index is 1470. The fraction of sp³-hybridized carbons (Fsp3) is 0.241. The molecule has 0 spiro atoms. The molecule has 4 aliphatic rings. The van der Waals surface area contributed by atoms with Gasteiger partial charge in [-0.15, -0.1) is 0 Å². The molecule has 4 aromatic carbocycles. The van der Waals surface area contributed by atoms with Gasteiger partial charge in [-0.25, -0.2) is 0 Å². The summed E-state index contributed by atoms with van der Waals surface area (Å²) in [5, 5.41) is 15.5. The van der Waals surface area contributed by atoms with Crippen molar-refractivity contribution in [1.29, 1.82) is 0 Å². The van der Waals surface area contributed by atoms with Crippen LogP contribution in [0.15, 0.2) is 83.0 Å². The van der Waals surface area contributed by atoms with Crippen molar-refractivity contribution < 1.29 is 0 Å². The summed E-state index contributed by atoms with van der Waals surface area (Å²) in [6.07, 6.45) is 1.92. The van der Waals surface area contributed by atoms with E-state index in [2.05, 4.69) is 69.3 Å². The second kappa shape index (κ2) is 8.65. The molecule has 0 unspecified atom stereocenters. The van der Waals surface area contributed by atoms with Crippen molar-refractivity contribution in [3.63, 3.8) is 0 Å². The molecule has 4 saturated heterocycles. The van der Waals surface area contributed by atoms with Gasteiger partial charge in [0.1, 0.15) is 0 Å². The summed E-state index contributed by atoms with van der Waals surface area (Å²) >= 11 is 12.7. The van der Waals surface area contributed by atoms with Crippen molar-refractivity contribution in [2.45, 2.75) is 0 Å². The molecule has 4 heterocycles. The van der Waals surface area contributed by atoms with Crippen LogP contribution in [0.1, 0.15) is 11.1 Å². The largest absolute Gasteiger partial charge is 0.276 e. The minimum absolute atomic E-state index is 0.135. The Hall–Kier alpha value is -2.80. The summed E-state index contributed by atoms with van der Waals surface area (Å²) in [6, 6.07) is 25.0. The van der Waals surface area contributed by atoms with Crippen LogP contribution in [0.4, 0.5) is 0 Å². The predicted molar refractivity (Wildman–Crippen MR) is 149 cm³/mol. The van der Waals surface area contributed by atoms with Gasteiger partial charge < -0.3 is 0 Å². The molecule has 180 valence electrons. The number of halogens is 2. The van der Waals surface area contributed by atoms with Crippen LogP contribution in [0.3, 0.4) is 0 Å². The Kier molecular flexibility index (Phi) is 5.38. The van der Waals surface area contributed by atoms with Crippen molar-refractivity contribution in [3.05, 3.63) is 94.0 Å². The van der Waals surface area contributed by atoms with Crippen LogP contribution in [0, 0.1) is 5.41 Å². The third-order valence-electron chi connectivity index (χ3n) is 7.63. The number of rotatable bonds is 4. The van der Waals surface area contributed by atoms with E-state index < -0.39 is 0 Å². The van der Waals surface area contributed by atoms with Gasteiger partial charge in [0, 0.05) is 30.8 Å². The molecule has 7 heteroatoms. The topological polar surface area (TPSA) is 34.4 Å². The smallest absolute Gasteiger partial charge is 0.0803 e. The highest BCUT2D eigenvalue weighted by Gasteiger charge is 2.52. The summed E-state index contributed by atoms with van der Waals surface area (Å²) in [6.45, 7) is 5.93. The molecule has 4 fully saturated rings. The van der Waals surface area contributed by atoms with Gasteiger partial charge in [-0.2, -0.15) is 10.2 Å². The fourth-order valence-electron chi connectivity index (χ4n) is 6.39. The standard InChI is InChI=1S/C29H25Cl2N5/c30-26-10-9-22(12-27(26)31)28(29-14-34-17-35(15-29)19-36(16-29)18-34)33-32-13-25-23-7-3-1-5-20(23)11-21-6-2-4-8-24(21)25/h1-13H,14-19H2/b32-13+,33-28-. The molecule has 4 aromatic rings. The number of fused-ring (bicyclic) bond motifs is 2. The van der Waals surface area contributed by atoms with Gasteiger partial charge >= 0.3 is 0 Å². The molecule has 5 nitrogen and oxygen atoms in total. The summed E-state index contributed by atoms with van der Waals surface area (Å²) in [4.78, 5) is 7.47. The van der Waals surface area contributed by atoms with Gasteiger partial charge in [0.05, 0.1) is 47.4 Å². The quantitative estimate of drug-likeness (QED) is 0.192. The van der Waals surface area contributed by atoms with Crippen LogP contribution in [0.25, 0.3) is 21.5 Å².